The van der Waals surface area contributed by atoms with Crippen LogP contribution in [0.2, 0.25) is 10.0 Å². The highest BCUT2D eigenvalue weighted by Gasteiger charge is 2.20. The summed E-state index contributed by atoms with van der Waals surface area (Å²) < 4.78 is 1.10. The first-order valence-electron chi connectivity index (χ1n) is 11.1. The van der Waals surface area contributed by atoms with Crippen LogP contribution in [0.4, 0.5) is 11.6 Å². The van der Waals surface area contributed by atoms with Gasteiger partial charge in [0.1, 0.15) is 7.11 Å². The molecular weight excluding hydrogens is 489 g/mol. The Morgan fingerprint density at radius 2 is 1.91 bits per heavy atom. The van der Waals surface area contributed by atoms with Gasteiger partial charge in [0, 0.05) is 42.5 Å². The number of anilines is 2. The Hall–Kier alpha value is -3.17. The predicted octanol–water partition coefficient (Wildman–Crippen LogP) is 4.13. The first kappa shape index (κ1) is 23.6. The molecule has 1 fully saturated rings. The lowest BCUT2D eigenvalue weighted by Crippen LogP contribution is -2.27. The lowest BCUT2D eigenvalue weighted by atomic mass is 10.1. The highest BCUT2D eigenvalue weighted by atomic mass is 35.5. The number of fused-ring (bicyclic) bond motifs is 1. The van der Waals surface area contributed by atoms with Crippen molar-refractivity contribution in [2.45, 2.75) is 19.1 Å². The van der Waals surface area contributed by atoms with Crippen molar-refractivity contribution in [2.75, 3.05) is 25.5 Å². The van der Waals surface area contributed by atoms with Crippen LogP contribution in [0.5, 0.6) is 0 Å². The molecule has 2 aromatic heterocycles. The molecular formula is C25H23Cl2N5O3. The fourth-order valence-corrected chi connectivity index (χ4v) is 4.87. The molecule has 180 valence electrons. The number of pyridine rings is 1. The fourth-order valence-electron chi connectivity index (χ4n) is 4.27. The van der Waals surface area contributed by atoms with E-state index in [-0.39, 0.29) is 6.10 Å². The smallest absolute Gasteiger partial charge is 0.293 e. The maximum Gasteiger partial charge on any atom is 0.293 e. The zero-order valence-corrected chi connectivity index (χ0v) is 20.4. The number of aliphatic hydroxyl groups is 1. The van der Waals surface area contributed by atoms with Gasteiger partial charge in [-0.05, 0) is 42.3 Å². The number of nitrogens with zero attached hydrogens (tertiary/aromatic N) is 4. The van der Waals surface area contributed by atoms with Gasteiger partial charge in [-0.15, -0.1) is 4.73 Å². The van der Waals surface area contributed by atoms with Crippen molar-refractivity contribution in [3.63, 3.8) is 0 Å². The molecule has 35 heavy (non-hydrogen) atoms. The summed E-state index contributed by atoms with van der Waals surface area (Å²) in [6.07, 6.45) is 2.20. The molecule has 1 unspecified atom stereocenters. The molecule has 1 atom stereocenters. The number of hydrogen-bond donors (Lipinski definition) is 2. The third-order valence-electron chi connectivity index (χ3n) is 5.98. The highest BCUT2D eigenvalue weighted by molar-refractivity contribution is 6.39. The first-order chi connectivity index (χ1) is 16.9. The van der Waals surface area contributed by atoms with Crippen molar-refractivity contribution in [3.8, 4) is 11.1 Å². The summed E-state index contributed by atoms with van der Waals surface area (Å²) in [5.74, 6) is 0.321. The molecule has 5 rings (SSSR count). The van der Waals surface area contributed by atoms with E-state index in [0.29, 0.717) is 44.7 Å². The van der Waals surface area contributed by atoms with Crippen LogP contribution >= 0.6 is 23.2 Å². The molecule has 1 aliphatic rings. The molecule has 4 aromatic rings. The maximum atomic E-state index is 13.2. The molecule has 8 nitrogen and oxygen atoms in total. The average molecular weight is 512 g/mol. The Kier molecular flexibility index (Phi) is 6.62. The Balaban J connectivity index is 1.43. The van der Waals surface area contributed by atoms with E-state index in [9.17, 15) is 9.90 Å². The second-order valence-electron chi connectivity index (χ2n) is 8.41. The zero-order valence-electron chi connectivity index (χ0n) is 18.9. The van der Waals surface area contributed by atoms with Gasteiger partial charge in [0.2, 0.25) is 5.95 Å². The Labute approximate surface area is 211 Å². The summed E-state index contributed by atoms with van der Waals surface area (Å²) in [6, 6.07) is 14.7. The van der Waals surface area contributed by atoms with E-state index in [1.54, 1.807) is 30.5 Å². The third kappa shape index (κ3) is 4.83. The van der Waals surface area contributed by atoms with Gasteiger partial charge < -0.3 is 15.3 Å². The average Bonchev–Trinajstić information content (AvgIpc) is 3.25. The summed E-state index contributed by atoms with van der Waals surface area (Å²) in [7, 11) is 1.39. The minimum absolute atomic E-state index is 0.233. The molecule has 0 bridgehead atoms. The minimum Gasteiger partial charge on any atom is -0.412 e. The van der Waals surface area contributed by atoms with E-state index in [1.165, 1.54) is 7.11 Å². The molecule has 0 amide bonds. The fraction of sp³-hybridized carbons (Fsp3) is 0.240. The molecule has 0 aliphatic carbocycles. The number of nitrogens with one attached hydrogen (secondary N) is 1. The summed E-state index contributed by atoms with van der Waals surface area (Å²) in [5, 5.41) is 14.2. The van der Waals surface area contributed by atoms with Crippen LogP contribution in [0.3, 0.4) is 0 Å². The van der Waals surface area contributed by atoms with Crippen LogP contribution in [-0.2, 0) is 6.54 Å². The Morgan fingerprint density at radius 3 is 2.57 bits per heavy atom. The summed E-state index contributed by atoms with van der Waals surface area (Å²) in [5.41, 5.74) is 2.56. The van der Waals surface area contributed by atoms with E-state index < -0.39 is 5.56 Å². The van der Waals surface area contributed by atoms with Crippen molar-refractivity contribution in [1.29, 1.82) is 0 Å². The van der Waals surface area contributed by atoms with Crippen LogP contribution < -0.4 is 15.7 Å². The molecule has 2 aromatic carbocycles. The quantitative estimate of drug-likeness (QED) is 0.401. The van der Waals surface area contributed by atoms with Gasteiger partial charge >= 0.3 is 0 Å². The zero-order chi connectivity index (χ0) is 24.5. The molecule has 0 radical (unpaired) electrons. The normalized spacial score (nSPS) is 16.1. The Morgan fingerprint density at radius 1 is 1.17 bits per heavy atom. The molecule has 10 heteroatoms. The van der Waals surface area contributed by atoms with Crippen LogP contribution in [0, 0.1) is 0 Å². The van der Waals surface area contributed by atoms with Gasteiger partial charge in [0.25, 0.3) is 5.56 Å². The van der Waals surface area contributed by atoms with Crippen molar-refractivity contribution in [2.24, 2.45) is 0 Å². The molecule has 1 aliphatic heterocycles. The van der Waals surface area contributed by atoms with Gasteiger partial charge in [0.05, 0.1) is 21.7 Å². The monoisotopic (exact) mass is 511 g/mol. The second kappa shape index (κ2) is 9.83. The van der Waals surface area contributed by atoms with Gasteiger partial charge in [-0.1, -0.05) is 41.4 Å². The van der Waals surface area contributed by atoms with Gasteiger partial charge in [-0.2, -0.15) is 4.98 Å². The second-order valence-corrected chi connectivity index (χ2v) is 9.22. The number of rotatable bonds is 6. The minimum atomic E-state index is -0.434. The van der Waals surface area contributed by atoms with E-state index in [4.69, 9.17) is 28.0 Å². The summed E-state index contributed by atoms with van der Waals surface area (Å²) in [6.45, 7) is 2.40. The maximum absolute atomic E-state index is 13.2. The van der Waals surface area contributed by atoms with Crippen LogP contribution in [0.25, 0.3) is 22.2 Å². The van der Waals surface area contributed by atoms with E-state index >= 15 is 0 Å². The highest BCUT2D eigenvalue weighted by Crippen LogP contribution is 2.33. The predicted molar refractivity (Wildman–Crippen MR) is 137 cm³/mol. The first-order valence-corrected chi connectivity index (χ1v) is 11.9. The SMILES string of the molecule is COn1c(=O)c(-c2c(Cl)cccc2Cl)cc2cnc(Nc3ccc(CN4CCC(O)C4)cc3)nc21. The van der Waals surface area contributed by atoms with Gasteiger partial charge in [0.15, 0.2) is 5.65 Å². The van der Waals surface area contributed by atoms with E-state index in [1.807, 2.05) is 24.3 Å². The summed E-state index contributed by atoms with van der Waals surface area (Å²) in [4.78, 5) is 29.7. The van der Waals surface area contributed by atoms with Crippen LogP contribution in [0.1, 0.15) is 12.0 Å². The number of halogens is 2. The van der Waals surface area contributed by atoms with Crippen molar-refractivity contribution < 1.29 is 9.94 Å². The lowest BCUT2D eigenvalue weighted by Gasteiger charge is -2.15. The van der Waals surface area contributed by atoms with Crippen molar-refractivity contribution in [1.82, 2.24) is 19.6 Å². The number of β-amino-alcohol motifs (C(OH)–C–C–N with tert-alkyl or cyclic N) is 1. The standard InChI is InChI=1S/C25H23Cl2N5O3/c1-35-32-23-16(11-19(24(32)34)22-20(26)3-2-4-21(22)27)12-28-25(30-23)29-17-7-5-15(6-8-17)13-31-10-9-18(33)14-31/h2-8,11-12,18,33H,9-10,13-14H2,1H3,(H,28,29,30). The van der Waals surface area contributed by atoms with Gasteiger partial charge in [-0.25, -0.2) is 4.98 Å². The largest absolute Gasteiger partial charge is 0.412 e. The lowest BCUT2D eigenvalue weighted by molar-refractivity contribution is 0.168. The van der Waals surface area contributed by atoms with Crippen molar-refractivity contribution in [3.05, 3.63) is 80.7 Å². The van der Waals surface area contributed by atoms with Crippen molar-refractivity contribution >= 4 is 45.9 Å². The van der Waals surface area contributed by atoms with E-state index in [2.05, 4.69) is 20.2 Å². The molecule has 2 N–H and O–H groups in total. The Bertz CT molecular complexity index is 1420. The molecule has 0 saturated carbocycles. The number of likely N-dealkylation sites (tertiary alicyclic amines) is 1. The van der Waals surface area contributed by atoms with Crippen LogP contribution in [-0.4, -0.2) is 51.0 Å². The van der Waals surface area contributed by atoms with Gasteiger partial charge in [-0.3, -0.25) is 9.69 Å². The van der Waals surface area contributed by atoms with Crippen LogP contribution in [0.15, 0.2) is 59.5 Å². The number of aliphatic hydroxyl groups excluding tert-OH is 1. The topological polar surface area (TPSA) is 92.5 Å². The summed E-state index contributed by atoms with van der Waals surface area (Å²) >= 11 is 12.7. The van der Waals surface area contributed by atoms with E-state index in [0.717, 1.165) is 35.5 Å². The number of aromatic nitrogens is 3. The molecule has 0 spiro atoms. The number of hydrogen-bond acceptors (Lipinski definition) is 7. The number of benzene rings is 2. The molecule has 1 saturated heterocycles. The third-order valence-corrected chi connectivity index (χ3v) is 6.61. The molecule has 3 heterocycles.